The molecule has 0 radical (unpaired) electrons. The average Bonchev–Trinajstić information content (AvgIpc) is 2.85. The summed E-state index contributed by atoms with van der Waals surface area (Å²) in [7, 11) is 0. The van der Waals surface area contributed by atoms with Gasteiger partial charge in [-0.25, -0.2) is 9.48 Å². The number of carbonyl (C=O) groups is 1. The number of aryl methyl sites for hydroxylation is 1. The lowest BCUT2D eigenvalue weighted by Crippen LogP contribution is -2.08. The minimum absolute atomic E-state index is 0.122. The van der Waals surface area contributed by atoms with Crippen molar-refractivity contribution < 1.29 is 9.90 Å². The van der Waals surface area contributed by atoms with Crippen molar-refractivity contribution in [2.75, 3.05) is 0 Å². The van der Waals surface area contributed by atoms with Gasteiger partial charge in [0.15, 0.2) is 5.69 Å². The van der Waals surface area contributed by atoms with Gasteiger partial charge < -0.3 is 5.11 Å². The van der Waals surface area contributed by atoms with Crippen LogP contribution >= 0.6 is 0 Å². The van der Waals surface area contributed by atoms with E-state index < -0.39 is 5.97 Å². The Kier molecular flexibility index (Phi) is 8.71. The van der Waals surface area contributed by atoms with Gasteiger partial charge in [-0.1, -0.05) is 70.4 Å². The van der Waals surface area contributed by atoms with E-state index in [4.69, 9.17) is 5.11 Å². The SMILES string of the molecule is CCCCCCCCCCn1nnc(C(=O)O)c1CCC. The molecular formula is C16H29N3O2. The standard InChI is InChI=1S/C16H29N3O2/c1-3-5-6-7-8-9-10-11-13-19-14(12-4-2)15(16(20)21)17-18-19/h3-13H2,1-2H3,(H,20,21). The fourth-order valence-corrected chi connectivity index (χ4v) is 2.56. The topological polar surface area (TPSA) is 68.0 Å². The van der Waals surface area contributed by atoms with Crippen molar-refractivity contribution in [2.24, 2.45) is 0 Å². The van der Waals surface area contributed by atoms with Gasteiger partial charge >= 0.3 is 5.97 Å². The van der Waals surface area contributed by atoms with Crippen LogP contribution < -0.4 is 0 Å². The van der Waals surface area contributed by atoms with Crippen LogP contribution in [0.4, 0.5) is 0 Å². The summed E-state index contributed by atoms with van der Waals surface area (Å²) in [6.45, 7) is 5.06. The van der Waals surface area contributed by atoms with Gasteiger partial charge in [0.05, 0.1) is 5.69 Å². The molecule has 0 saturated heterocycles. The molecule has 0 unspecified atom stereocenters. The Morgan fingerprint density at radius 3 is 2.19 bits per heavy atom. The summed E-state index contributed by atoms with van der Waals surface area (Å²) >= 11 is 0. The first-order valence-corrected chi connectivity index (χ1v) is 8.36. The van der Waals surface area contributed by atoms with Gasteiger partial charge in [0.1, 0.15) is 0 Å². The first kappa shape index (κ1) is 17.7. The zero-order valence-corrected chi connectivity index (χ0v) is 13.5. The van der Waals surface area contributed by atoms with Crippen LogP contribution in [-0.2, 0) is 13.0 Å². The Balaban J connectivity index is 2.30. The molecule has 0 amide bonds. The van der Waals surface area contributed by atoms with Crippen molar-refractivity contribution in [3.05, 3.63) is 11.4 Å². The zero-order valence-electron chi connectivity index (χ0n) is 13.5. The molecule has 0 bridgehead atoms. The molecule has 5 heteroatoms. The van der Waals surface area contributed by atoms with Crippen molar-refractivity contribution in [2.45, 2.75) is 84.6 Å². The van der Waals surface area contributed by atoms with Gasteiger partial charge in [-0.05, 0) is 12.8 Å². The van der Waals surface area contributed by atoms with E-state index >= 15 is 0 Å². The third-order valence-corrected chi connectivity index (χ3v) is 3.75. The Hall–Kier alpha value is -1.39. The quantitative estimate of drug-likeness (QED) is 0.590. The molecule has 0 spiro atoms. The molecule has 120 valence electrons. The molecule has 1 aromatic rings. The van der Waals surface area contributed by atoms with E-state index in [9.17, 15) is 4.79 Å². The monoisotopic (exact) mass is 295 g/mol. The molecule has 1 N–H and O–H groups in total. The number of aromatic carboxylic acids is 1. The van der Waals surface area contributed by atoms with Crippen molar-refractivity contribution in [1.29, 1.82) is 0 Å². The maximum absolute atomic E-state index is 11.1. The molecule has 0 aromatic carbocycles. The second kappa shape index (κ2) is 10.4. The molecule has 0 aliphatic heterocycles. The number of hydrogen-bond acceptors (Lipinski definition) is 3. The second-order valence-electron chi connectivity index (χ2n) is 5.64. The average molecular weight is 295 g/mol. The maximum atomic E-state index is 11.1. The Labute approximate surface area is 127 Å². The van der Waals surface area contributed by atoms with E-state index in [-0.39, 0.29) is 5.69 Å². The van der Waals surface area contributed by atoms with E-state index in [0.29, 0.717) is 0 Å². The van der Waals surface area contributed by atoms with Gasteiger partial charge in [0, 0.05) is 6.54 Å². The van der Waals surface area contributed by atoms with Crippen LogP contribution in [0.1, 0.15) is 87.8 Å². The van der Waals surface area contributed by atoms with E-state index in [1.165, 1.54) is 44.9 Å². The lowest BCUT2D eigenvalue weighted by Gasteiger charge is -2.06. The van der Waals surface area contributed by atoms with Crippen LogP contribution in [0.15, 0.2) is 0 Å². The highest BCUT2D eigenvalue weighted by atomic mass is 16.4. The fraction of sp³-hybridized carbons (Fsp3) is 0.812. The summed E-state index contributed by atoms with van der Waals surface area (Å²) in [5, 5.41) is 16.9. The van der Waals surface area contributed by atoms with Crippen molar-refractivity contribution in [1.82, 2.24) is 15.0 Å². The van der Waals surface area contributed by atoms with Crippen molar-refractivity contribution in [3.8, 4) is 0 Å². The summed E-state index contributed by atoms with van der Waals surface area (Å²) in [4.78, 5) is 11.1. The number of carboxylic acid groups (broad SMARTS) is 1. The summed E-state index contributed by atoms with van der Waals surface area (Å²) in [6, 6.07) is 0. The predicted octanol–water partition coefficient (Wildman–Crippen LogP) is 4.07. The number of rotatable bonds is 12. The molecule has 5 nitrogen and oxygen atoms in total. The second-order valence-corrected chi connectivity index (χ2v) is 5.64. The predicted molar refractivity (Wildman–Crippen MR) is 83.6 cm³/mol. The maximum Gasteiger partial charge on any atom is 0.358 e. The molecule has 0 atom stereocenters. The molecule has 1 rings (SSSR count). The third-order valence-electron chi connectivity index (χ3n) is 3.75. The molecule has 1 heterocycles. The summed E-state index contributed by atoms with van der Waals surface area (Å²) in [5.41, 5.74) is 0.893. The minimum atomic E-state index is -0.972. The molecule has 0 aliphatic carbocycles. The van der Waals surface area contributed by atoms with Crippen LogP contribution in [0.25, 0.3) is 0 Å². The molecular weight excluding hydrogens is 266 g/mol. The normalized spacial score (nSPS) is 11.0. The summed E-state index contributed by atoms with van der Waals surface area (Å²) in [6.07, 6.45) is 11.7. The van der Waals surface area contributed by atoms with Gasteiger partial charge in [-0.3, -0.25) is 0 Å². The van der Waals surface area contributed by atoms with Gasteiger partial charge in [0.2, 0.25) is 0 Å². The Morgan fingerprint density at radius 1 is 1.00 bits per heavy atom. The molecule has 1 aromatic heterocycles. The highest BCUT2D eigenvalue weighted by Crippen LogP contribution is 2.12. The summed E-state index contributed by atoms with van der Waals surface area (Å²) < 4.78 is 1.78. The largest absolute Gasteiger partial charge is 0.476 e. The van der Waals surface area contributed by atoms with Crippen LogP contribution in [-0.4, -0.2) is 26.1 Å². The number of carboxylic acids is 1. The highest BCUT2D eigenvalue weighted by Gasteiger charge is 2.17. The van der Waals surface area contributed by atoms with Gasteiger partial charge in [-0.2, -0.15) is 0 Å². The molecule has 21 heavy (non-hydrogen) atoms. The zero-order chi connectivity index (χ0) is 15.5. The van der Waals surface area contributed by atoms with E-state index in [1.54, 1.807) is 4.68 Å². The number of aromatic nitrogens is 3. The smallest absolute Gasteiger partial charge is 0.358 e. The van der Waals surface area contributed by atoms with E-state index in [1.807, 2.05) is 6.92 Å². The first-order chi connectivity index (χ1) is 10.2. The van der Waals surface area contributed by atoms with E-state index in [2.05, 4.69) is 17.2 Å². The van der Waals surface area contributed by atoms with Gasteiger partial charge in [0.25, 0.3) is 0 Å². The number of unbranched alkanes of at least 4 members (excludes halogenated alkanes) is 7. The molecule has 0 fully saturated rings. The highest BCUT2D eigenvalue weighted by molar-refractivity contribution is 5.86. The molecule has 0 saturated carbocycles. The van der Waals surface area contributed by atoms with Crippen LogP contribution in [0.3, 0.4) is 0 Å². The van der Waals surface area contributed by atoms with Crippen molar-refractivity contribution >= 4 is 5.97 Å². The lowest BCUT2D eigenvalue weighted by molar-refractivity contribution is 0.0689. The Morgan fingerprint density at radius 2 is 1.62 bits per heavy atom. The third kappa shape index (κ3) is 6.27. The van der Waals surface area contributed by atoms with Crippen molar-refractivity contribution in [3.63, 3.8) is 0 Å². The summed E-state index contributed by atoms with van der Waals surface area (Å²) in [5.74, 6) is -0.972. The van der Waals surface area contributed by atoms with Crippen LogP contribution in [0.2, 0.25) is 0 Å². The van der Waals surface area contributed by atoms with Crippen LogP contribution in [0, 0.1) is 0 Å². The number of hydrogen-bond donors (Lipinski definition) is 1. The van der Waals surface area contributed by atoms with Crippen LogP contribution in [0.5, 0.6) is 0 Å². The number of nitrogens with zero attached hydrogens (tertiary/aromatic N) is 3. The van der Waals surface area contributed by atoms with Gasteiger partial charge in [-0.15, -0.1) is 5.10 Å². The molecule has 0 aliphatic rings. The lowest BCUT2D eigenvalue weighted by atomic mass is 10.1. The first-order valence-electron chi connectivity index (χ1n) is 8.36. The minimum Gasteiger partial charge on any atom is -0.476 e. The fourth-order valence-electron chi connectivity index (χ4n) is 2.56. The van der Waals surface area contributed by atoms with E-state index in [0.717, 1.165) is 31.5 Å². The Bertz CT molecular complexity index is 416.